The van der Waals surface area contributed by atoms with Crippen LogP contribution in [-0.2, 0) is 4.79 Å². The first-order valence-corrected chi connectivity index (χ1v) is 8.96. The number of piperidine rings is 1. The minimum atomic E-state index is -0.0477. The highest BCUT2D eigenvalue weighted by Crippen LogP contribution is 2.59. The van der Waals surface area contributed by atoms with Gasteiger partial charge in [0.1, 0.15) is 5.69 Å². The molecule has 128 valence electrons. The van der Waals surface area contributed by atoms with Crippen molar-refractivity contribution >= 4 is 11.8 Å². The van der Waals surface area contributed by atoms with Crippen molar-refractivity contribution in [2.75, 3.05) is 13.1 Å². The SMILES string of the molecule is Cc1cnc(C(=O)N2CCC3(CC2)C[C@@H]3C(=O)NC2CCC2)cn1. The molecule has 6 heteroatoms. The van der Waals surface area contributed by atoms with Crippen molar-refractivity contribution in [3.05, 3.63) is 23.8 Å². The van der Waals surface area contributed by atoms with Gasteiger partial charge in [-0.1, -0.05) is 0 Å². The Bertz CT molecular complexity index is 645. The number of carbonyl (C=O) groups excluding carboxylic acids is 2. The molecule has 1 N–H and O–H groups in total. The molecule has 3 aliphatic rings. The van der Waals surface area contributed by atoms with Crippen LogP contribution >= 0.6 is 0 Å². The summed E-state index contributed by atoms with van der Waals surface area (Å²) in [4.78, 5) is 35.0. The predicted molar refractivity (Wildman–Crippen MR) is 88.2 cm³/mol. The van der Waals surface area contributed by atoms with Crippen LogP contribution in [0.4, 0.5) is 0 Å². The van der Waals surface area contributed by atoms with Crippen LogP contribution in [-0.4, -0.2) is 45.8 Å². The maximum absolute atomic E-state index is 12.5. The summed E-state index contributed by atoms with van der Waals surface area (Å²) in [7, 11) is 0. The molecule has 2 heterocycles. The smallest absolute Gasteiger partial charge is 0.274 e. The van der Waals surface area contributed by atoms with Crippen molar-refractivity contribution in [3.63, 3.8) is 0 Å². The number of aryl methyl sites for hydroxylation is 1. The van der Waals surface area contributed by atoms with Gasteiger partial charge in [0.05, 0.1) is 11.9 Å². The molecular formula is C18H24N4O2. The summed E-state index contributed by atoms with van der Waals surface area (Å²) in [5.74, 6) is 0.354. The van der Waals surface area contributed by atoms with Crippen molar-refractivity contribution in [3.8, 4) is 0 Å². The Morgan fingerprint density at radius 3 is 2.54 bits per heavy atom. The molecule has 2 saturated carbocycles. The van der Waals surface area contributed by atoms with Gasteiger partial charge in [0, 0.05) is 31.2 Å². The number of nitrogens with zero attached hydrogens (tertiary/aromatic N) is 3. The standard InChI is InChI=1S/C18H24N4O2/c1-12-10-20-15(11-19-12)17(24)22-7-5-18(6-8-22)9-14(18)16(23)21-13-3-2-4-13/h10-11,13-14H,2-9H2,1H3,(H,21,23)/t14-/m1/s1. The number of hydrogen-bond donors (Lipinski definition) is 1. The number of amides is 2. The van der Waals surface area contributed by atoms with Gasteiger partial charge in [-0.05, 0) is 50.9 Å². The van der Waals surface area contributed by atoms with Gasteiger partial charge >= 0.3 is 0 Å². The van der Waals surface area contributed by atoms with Crippen molar-refractivity contribution in [2.24, 2.45) is 11.3 Å². The molecule has 2 aliphatic carbocycles. The van der Waals surface area contributed by atoms with Gasteiger partial charge in [-0.2, -0.15) is 0 Å². The van der Waals surface area contributed by atoms with E-state index >= 15 is 0 Å². The van der Waals surface area contributed by atoms with E-state index in [1.165, 1.54) is 6.42 Å². The van der Waals surface area contributed by atoms with Gasteiger partial charge in [-0.25, -0.2) is 4.98 Å². The summed E-state index contributed by atoms with van der Waals surface area (Å²) < 4.78 is 0. The zero-order valence-corrected chi connectivity index (χ0v) is 14.1. The lowest BCUT2D eigenvalue weighted by Gasteiger charge is -2.33. The van der Waals surface area contributed by atoms with Crippen LogP contribution in [0, 0.1) is 18.3 Å². The van der Waals surface area contributed by atoms with Gasteiger partial charge in [0.2, 0.25) is 5.91 Å². The number of aromatic nitrogens is 2. The molecule has 24 heavy (non-hydrogen) atoms. The molecular weight excluding hydrogens is 304 g/mol. The van der Waals surface area contributed by atoms with Gasteiger partial charge in [-0.3, -0.25) is 14.6 Å². The Kier molecular flexibility index (Phi) is 3.77. The number of carbonyl (C=O) groups is 2. The molecule has 1 spiro atoms. The van der Waals surface area contributed by atoms with Crippen LogP contribution in [0.15, 0.2) is 12.4 Å². The van der Waals surface area contributed by atoms with E-state index in [0.29, 0.717) is 24.8 Å². The van der Waals surface area contributed by atoms with Gasteiger partial charge in [0.15, 0.2) is 0 Å². The Morgan fingerprint density at radius 2 is 1.96 bits per heavy atom. The third-order valence-electron chi connectivity index (χ3n) is 6.00. The van der Waals surface area contributed by atoms with Crippen LogP contribution in [0.1, 0.15) is 54.7 Å². The minimum Gasteiger partial charge on any atom is -0.353 e. The average molecular weight is 328 g/mol. The van der Waals surface area contributed by atoms with E-state index in [-0.39, 0.29) is 23.1 Å². The number of nitrogens with one attached hydrogen (secondary N) is 1. The van der Waals surface area contributed by atoms with E-state index in [0.717, 1.165) is 37.8 Å². The largest absolute Gasteiger partial charge is 0.353 e. The molecule has 2 amide bonds. The maximum Gasteiger partial charge on any atom is 0.274 e. The summed E-state index contributed by atoms with van der Waals surface area (Å²) >= 11 is 0. The van der Waals surface area contributed by atoms with Crippen molar-refractivity contribution in [1.29, 1.82) is 0 Å². The van der Waals surface area contributed by atoms with E-state index in [4.69, 9.17) is 0 Å². The van der Waals surface area contributed by atoms with E-state index in [9.17, 15) is 9.59 Å². The molecule has 0 bridgehead atoms. The Labute approximate surface area is 142 Å². The molecule has 4 rings (SSSR count). The number of likely N-dealkylation sites (tertiary alicyclic amines) is 1. The highest BCUT2D eigenvalue weighted by Gasteiger charge is 2.59. The third kappa shape index (κ3) is 2.78. The molecule has 0 unspecified atom stereocenters. The van der Waals surface area contributed by atoms with E-state index in [2.05, 4.69) is 15.3 Å². The van der Waals surface area contributed by atoms with Gasteiger partial charge in [0.25, 0.3) is 5.91 Å². The molecule has 1 aliphatic heterocycles. The van der Waals surface area contributed by atoms with Crippen molar-refractivity contribution in [2.45, 2.75) is 51.5 Å². The Morgan fingerprint density at radius 1 is 1.21 bits per heavy atom. The lowest BCUT2D eigenvalue weighted by atomic mass is 9.89. The normalized spacial score (nSPS) is 25.2. The molecule has 6 nitrogen and oxygen atoms in total. The highest BCUT2D eigenvalue weighted by molar-refractivity contribution is 5.92. The number of rotatable bonds is 3. The molecule has 1 saturated heterocycles. The van der Waals surface area contributed by atoms with Crippen LogP contribution in [0.2, 0.25) is 0 Å². The molecule has 0 radical (unpaired) electrons. The topological polar surface area (TPSA) is 75.2 Å². The molecule has 1 atom stereocenters. The van der Waals surface area contributed by atoms with Crippen molar-refractivity contribution in [1.82, 2.24) is 20.2 Å². The predicted octanol–water partition coefficient (Wildman–Crippen LogP) is 1.70. The van der Waals surface area contributed by atoms with E-state index < -0.39 is 0 Å². The maximum atomic E-state index is 12.5. The van der Waals surface area contributed by atoms with Crippen molar-refractivity contribution < 1.29 is 9.59 Å². The number of hydrogen-bond acceptors (Lipinski definition) is 4. The van der Waals surface area contributed by atoms with Gasteiger partial charge < -0.3 is 10.2 Å². The first-order valence-electron chi connectivity index (χ1n) is 8.96. The fraction of sp³-hybridized carbons (Fsp3) is 0.667. The average Bonchev–Trinajstić information content (AvgIpc) is 3.25. The highest BCUT2D eigenvalue weighted by atomic mass is 16.2. The molecule has 1 aromatic heterocycles. The van der Waals surface area contributed by atoms with Crippen LogP contribution < -0.4 is 5.32 Å². The summed E-state index contributed by atoms with van der Waals surface area (Å²) in [5.41, 5.74) is 1.36. The molecule has 0 aromatic carbocycles. The second-order valence-corrected chi connectivity index (χ2v) is 7.59. The zero-order chi connectivity index (χ0) is 16.7. The first-order chi connectivity index (χ1) is 11.6. The van der Waals surface area contributed by atoms with Crippen LogP contribution in [0.25, 0.3) is 0 Å². The summed E-state index contributed by atoms with van der Waals surface area (Å²) in [5, 5.41) is 3.18. The van der Waals surface area contributed by atoms with E-state index in [1.807, 2.05) is 11.8 Å². The monoisotopic (exact) mass is 328 g/mol. The van der Waals surface area contributed by atoms with Gasteiger partial charge in [-0.15, -0.1) is 0 Å². The molecule has 3 fully saturated rings. The Hall–Kier alpha value is -1.98. The lowest BCUT2D eigenvalue weighted by molar-refractivity contribution is -0.124. The second kappa shape index (κ2) is 5.83. The second-order valence-electron chi connectivity index (χ2n) is 7.59. The van der Waals surface area contributed by atoms with Crippen LogP contribution in [0.3, 0.4) is 0 Å². The zero-order valence-electron chi connectivity index (χ0n) is 14.1. The van der Waals surface area contributed by atoms with Crippen LogP contribution in [0.5, 0.6) is 0 Å². The Balaban J connectivity index is 1.31. The third-order valence-corrected chi connectivity index (χ3v) is 6.00. The summed E-state index contributed by atoms with van der Waals surface area (Å²) in [6.45, 7) is 3.27. The summed E-state index contributed by atoms with van der Waals surface area (Å²) in [6, 6.07) is 0.414. The quantitative estimate of drug-likeness (QED) is 0.916. The summed E-state index contributed by atoms with van der Waals surface area (Å²) in [6.07, 6.45) is 9.49. The minimum absolute atomic E-state index is 0.0477. The fourth-order valence-corrected chi connectivity index (χ4v) is 3.95. The molecule has 1 aromatic rings. The first kappa shape index (κ1) is 15.5. The lowest BCUT2D eigenvalue weighted by Crippen LogP contribution is -2.43. The fourth-order valence-electron chi connectivity index (χ4n) is 3.95. The van der Waals surface area contributed by atoms with E-state index in [1.54, 1.807) is 12.4 Å².